The van der Waals surface area contributed by atoms with Crippen LogP contribution < -0.4 is 15.4 Å². The largest absolute Gasteiger partial charge is 0.376 e. The molecule has 0 aliphatic carbocycles. The minimum absolute atomic E-state index is 0.00424. The maximum absolute atomic E-state index is 11.9. The lowest BCUT2D eigenvalue weighted by atomic mass is 9.73. The van der Waals surface area contributed by atoms with Gasteiger partial charge in [-0.2, -0.15) is 10.2 Å². The fourth-order valence-corrected chi connectivity index (χ4v) is 5.93. The number of fused-ring (bicyclic) bond motifs is 2. The van der Waals surface area contributed by atoms with E-state index in [2.05, 4.69) is 19.8 Å². The Morgan fingerprint density at radius 2 is 1.97 bits per heavy atom. The molecule has 6 rings (SSSR count). The van der Waals surface area contributed by atoms with Gasteiger partial charge in [0.1, 0.15) is 11.2 Å². The van der Waals surface area contributed by atoms with Crippen molar-refractivity contribution in [3.8, 4) is 5.69 Å². The second-order valence-electron chi connectivity index (χ2n) is 10.3. The molecular formula is C24H31N9O3S. The predicted octanol–water partition coefficient (Wildman–Crippen LogP) is 1.08. The van der Waals surface area contributed by atoms with Crippen LogP contribution in [-0.4, -0.2) is 76.0 Å². The highest BCUT2D eigenvalue weighted by Gasteiger charge is 2.47. The van der Waals surface area contributed by atoms with Crippen molar-refractivity contribution in [2.45, 2.75) is 38.5 Å². The van der Waals surface area contributed by atoms with Gasteiger partial charge in [0, 0.05) is 37.0 Å². The van der Waals surface area contributed by atoms with Crippen LogP contribution in [0.15, 0.2) is 30.6 Å². The number of aryl methyl sites for hydroxylation is 1. The third kappa shape index (κ3) is 4.25. The Bertz CT molecular complexity index is 1590. The van der Waals surface area contributed by atoms with Crippen molar-refractivity contribution in [3.63, 3.8) is 0 Å². The second kappa shape index (κ2) is 8.72. The summed E-state index contributed by atoms with van der Waals surface area (Å²) in [5.41, 5.74) is 10.0. The molecule has 2 aliphatic heterocycles. The highest BCUT2D eigenvalue weighted by atomic mass is 32.2. The zero-order valence-corrected chi connectivity index (χ0v) is 21.9. The summed E-state index contributed by atoms with van der Waals surface area (Å²) in [6, 6.07) is 5.94. The van der Waals surface area contributed by atoms with Gasteiger partial charge in [-0.15, -0.1) is 0 Å². The first-order valence-electron chi connectivity index (χ1n) is 12.4. The molecule has 0 amide bonds. The number of ether oxygens (including phenoxy) is 1. The Morgan fingerprint density at radius 1 is 1.19 bits per heavy atom. The van der Waals surface area contributed by atoms with Crippen molar-refractivity contribution in [2.75, 3.05) is 30.9 Å². The van der Waals surface area contributed by atoms with Crippen molar-refractivity contribution in [1.29, 1.82) is 0 Å². The van der Waals surface area contributed by atoms with Gasteiger partial charge < -0.3 is 15.4 Å². The monoisotopic (exact) mass is 525 g/mol. The minimum atomic E-state index is -3.43. The number of benzene rings is 1. The summed E-state index contributed by atoms with van der Waals surface area (Å²) in [6.45, 7) is 4.21. The highest BCUT2D eigenvalue weighted by molar-refractivity contribution is 7.88. The quantitative estimate of drug-likeness (QED) is 0.391. The molecule has 4 aromatic rings. The maximum Gasteiger partial charge on any atom is 0.209 e. The number of sulfonamides is 1. The van der Waals surface area contributed by atoms with Crippen LogP contribution in [0.5, 0.6) is 0 Å². The summed E-state index contributed by atoms with van der Waals surface area (Å²) >= 11 is 0. The number of hydrogen-bond acceptors (Lipinski definition) is 9. The predicted molar refractivity (Wildman–Crippen MR) is 140 cm³/mol. The van der Waals surface area contributed by atoms with E-state index in [4.69, 9.17) is 20.4 Å². The van der Waals surface area contributed by atoms with Crippen LogP contribution in [0.2, 0.25) is 0 Å². The van der Waals surface area contributed by atoms with Gasteiger partial charge in [0.05, 0.1) is 49.1 Å². The zero-order valence-electron chi connectivity index (χ0n) is 21.1. The Morgan fingerprint density at radius 3 is 2.68 bits per heavy atom. The number of nitrogens with one attached hydrogen (secondary N) is 1. The molecule has 37 heavy (non-hydrogen) atoms. The maximum atomic E-state index is 11.9. The summed E-state index contributed by atoms with van der Waals surface area (Å²) in [4.78, 5) is 12.0. The number of hydrogen-bond donors (Lipinski definition) is 2. The molecule has 12 nitrogen and oxygen atoms in total. The topological polar surface area (TPSA) is 146 Å². The molecule has 3 N–H and O–H groups in total. The van der Waals surface area contributed by atoms with Gasteiger partial charge in [0.25, 0.3) is 0 Å². The van der Waals surface area contributed by atoms with Gasteiger partial charge in [-0.25, -0.2) is 27.8 Å². The number of nitrogens with zero attached hydrogens (tertiary/aromatic N) is 7. The highest BCUT2D eigenvalue weighted by Crippen LogP contribution is 2.42. The van der Waals surface area contributed by atoms with E-state index in [1.807, 2.05) is 38.4 Å². The Balaban J connectivity index is 1.38. The first kappa shape index (κ1) is 24.2. The molecule has 196 valence electrons. The molecule has 5 heterocycles. The van der Waals surface area contributed by atoms with E-state index < -0.39 is 10.0 Å². The van der Waals surface area contributed by atoms with Crippen molar-refractivity contribution in [1.82, 2.24) is 34.3 Å². The van der Waals surface area contributed by atoms with Crippen LogP contribution >= 0.6 is 0 Å². The van der Waals surface area contributed by atoms with Crippen LogP contribution in [0.1, 0.15) is 25.5 Å². The van der Waals surface area contributed by atoms with Crippen LogP contribution in [0, 0.1) is 5.41 Å². The second-order valence-corrected chi connectivity index (χ2v) is 12.1. The molecule has 0 saturated carbocycles. The van der Waals surface area contributed by atoms with Gasteiger partial charge in [0.15, 0.2) is 11.5 Å². The fraction of sp³-hybridized carbons (Fsp3) is 0.500. The van der Waals surface area contributed by atoms with E-state index in [0.717, 1.165) is 48.8 Å². The smallest absolute Gasteiger partial charge is 0.209 e. The standard InChI is InChI=1S/C24H31N9O3S/c1-15-21(25)24(14-36-15)6-8-32(9-7-24)22-19(13-28-37(3,34)35)30-23-18(29-22)12-27-33(23)17-5-4-16-11-26-31(2)20(16)10-17/h4-5,10-12,15,21,28H,6-9,13-14,25H2,1-3H3/t15-,21+/m0/s1. The van der Waals surface area contributed by atoms with Gasteiger partial charge in [-0.1, -0.05) is 0 Å². The summed E-state index contributed by atoms with van der Waals surface area (Å²) < 4.78 is 35.9. The Labute approximate surface area is 214 Å². The number of piperidine rings is 1. The SMILES string of the molecule is C[C@@H]1OCC2(CCN(c3nc4cnn(-c5ccc6cnn(C)c6c5)c4nc3CNS(C)(=O)=O)CC2)[C@@H]1N. The molecule has 3 aromatic heterocycles. The van der Waals surface area contributed by atoms with Crippen LogP contribution in [-0.2, 0) is 28.4 Å². The third-order valence-corrected chi connectivity index (χ3v) is 8.50. The van der Waals surface area contributed by atoms with Crippen molar-refractivity contribution < 1.29 is 13.2 Å². The number of nitrogens with two attached hydrogens (primary N) is 1. The Hall–Kier alpha value is -3.13. The van der Waals surface area contributed by atoms with Crippen molar-refractivity contribution in [2.24, 2.45) is 18.2 Å². The number of anilines is 1. The lowest BCUT2D eigenvalue weighted by Crippen LogP contribution is -2.51. The van der Waals surface area contributed by atoms with E-state index >= 15 is 0 Å². The third-order valence-electron chi connectivity index (χ3n) is 7.83. The average Bonchev–Trinajstić information content (AvgIpc) is 3.54. The van der Waals surface area contributed by atoms with Crippen LogP contribution in [0.3, 0.4) is 0 Å². The zero-order chi connectivity index (χ0) is 25.9. The number of aromatic nitrogens is 6. The summed E-state index contributed by atoms with van der Waals surface area (Å²) in [6.07, 6.45) is 6.45. The van der Waals surface area contributed by atoms with Crippen LogP contribution in [0.4, 0.5) is 5.82 Å². The van der Waals surface area contributed by atoms with E-state index in [9.17, 15) is 8.42 Å². The molecule has 0 radical (unpaired) electrons. The van der Waals surface area contributed by atoms with Gasteiger partial charge in [-0.3, -0.25) is 4.68 Å². The number of rotatable bonds is 5. The van der Waals surface area contributed by atoms with E-state index in [1.165, 1.54) is 0 Å². The van der Waals surface area contributed by atoms with E-state index in [-0.39, 0.29) is 24.1 Å². The molecule has 2 aliphatic rings. The van der Waals surface area contributed by atoms with Gasteiger partial charge >= 0.3 is 0 Å². The molecule has 1 aromatic carbocycles. The summed E-state index contributed by atoms with van der Waals surface area (Å²) in [5, 5.41) is 9.91. The fourth-order valence-electron chi connectivity index (χ4n) is 5.53. The minimum Gasteiger partial charge on any atom is -0.376 e. The first-order chi connectivity index (χ1) is 17.6. The van der Waals surface area contributed by atoms with Gasteiger partial charge in [0.2, 0.25) is 10.0 Å². The van der Waals surface area contributed by atoms with Crippen LogP contribution in [0.25, 0.3) is 27.8 Å². The first-order valence-corrected chi connectivity index (χ1v) is 14.3. The van der Waals surface area contributed by atoms with E-state index in [1.54, 1.807) is 15.6 Å². The molecule has 0 unspecified atom stereocenters. The Kier molecular flexibility index (Phi) is 5.71. The molecule has 0 bridgehead atoms. The van der Waals surface area contributed by atoms with E-state index in [0.29, 0.717) is 29.3 Å². The van der Waals surface area contributed by atoms with Crippen molar-refractivity contribution in [3.05, 3.63) is 36.3 Å². The molecular weight excluding hydrogens is 494 g/mol. The van der Waals surface area contributed by atoms with Gasteiger partial charge in [-0.05, 0) is 38.0 Å². The average molecular weight is 526 g/mol. The molecule has 2 fully saturated rings. The molecule has 1 spiro atoms. The lowest BCUT2D eigenvalue weighted by Gasteiger charge is -2.42. The molecule has 2 saturated heterocycles. The van der Waals surface area contributed by atoms with Crippen molar-refractivity contribution >= 4 is 37.9 Å². The molecule has 13 heteroatoms. The molecule has 2 atom stereocenters. The normalized spacial score (nSPS) is 22.0. The summed E-state index contributed by atoms with van der Waals surface area (Å²) in [7, 11) is -1.54. The lowest BCUT2D eigenvalue weighted by molar-refractivity contribution is 0.0974. The summed E-state index contributed by atoms with van der Waals surface area (Å²) in [5.74, 6) is 0.667.